The largest absolute Gasteiger partial charge is 0.506 e. The van der Waals surface area contributed by atoms with Crippen molar-refractivity contribution in [3.05, 3.63) is 70.3 Å². The number of nitrogens with one attached hydrogen (secondary N) is 1. The number of fused-ring (bicyclic) bond motifs is 1. The van der Waals surface area contributed by atoms with E-state index in [9.17, 15) is 14.7 Å². The molecule has 0 atom stereocenters. The number of para-hydroxylation sites is 1. The van der Waals surface area contributed by atoms with E-state index in [1.807, 2.05) is 0 Å². The Morgan fingerprint density at radius 3 is 2.65 bits per heavy atom. The Hall–Kier alpha value is -3.15. The average Bonchev–Trinajstić information content (AvgIpc) is 2.59. The molecule has 0 aliphatic heterocycles. The van der Waals surface area contributed by atoms with Gasteiger partial charge in [0.05, 0.1) is 5.52 Å². The minimum atomic E-state index is -0.606. The zero-order chi connectivity index (χ0) is 16.4. The Morgan fingerprint density at radius 2 is 1.91 bits per heavy atom. The van der Waals surface area contributed by atoms with Gasteiger partial charge >= 0.3 is 0 Å². The third kappa shape index (κ3) is 2.66. The van der Waals surface area contributed by atoms with Gasteiger partial charge < -0.3 is 15.0 Å². The molecule has 1 amide bonds. The highest BCUT2D eigenvalue weighted by atomic mass is 16.3. The minimum Gasteiger partial charge on any atom is -0.506 e. The molecule has 6 heteroatoms. The summed E-state index contributed by atoms with van der Waals surface area (Å²) in [6.07, 6.45) is 3.24. The molecule has 2 heterocycles. The summed E-state index contributed by atoms with van der Waals surface area (Å²) >= 11 is 0. The van der Waals surface area contributed by atoms with E-state index in [0.29, 0.717) is 10.9 Å². The maximum Gasteiger partial charge on any atom is 0.267 e. The molecular weight excluding hydrogens is 294 g/mol. The first-order valence-corrected chi connectivity index (χ1v) is 7.07. The standard InChI is InChI=1S/C17H15N3O3/c1-20-13-5-3-2-4-12(13)15(21)14(17(20)23)16(22)19-10-11-6-8-18-9-7-11/h2-9,21H,10H2,1H3,(H,19,22). The lowest BCUT2D eigenvalue weighted by Crippen LogP contribution is -2.32. The summed E-state index contributed by atoms with van der Waals surface area (Å²) in [4.78, 5) is 28.6. The van der Waals surface area contributed by atoms with Gasteiger partial charge in [0.25, 0.3) is 11.5 Å². The van der Waals surface area contributed by atoms with E-state index < -0.39 is 11.5 Å². The monoisotopic (exact) mass is 309 g/mol. The molecule has 0 saturated heterocycles. The van der Waals surface area contributed by atoms with Gasteiger partial charge in [0.1, 0.15) is 11.3 Å². The van der Waals surface area contributed by atoms with Crippen molar-refractivity contribution in [3.8, 4) is 5.75 Å². The van der Waals surface area contributed by atoms with Crippen LogP contribution in [-0.2, 0) is 13.6 Å². The molecule has 116 valence electrons. The van der Waals surface area contributed by atoms with E-state index >= 15 is 0 Å². The van der Waals surface area contributed by atoms with E-state index in [2.05, 4.69) is 10.3 Å². The van der Waals surface area contributed by atoms with Crippen molar-refractivity contribution >= 4 is 16.8 Å². The number of carbonyl (C=O) groups excluding carboxylic acids is 1. The molecule has 0 bridgehead atoms. The third-order valence-electron chi connectivity index (χ3n) is 3.71. The van der Waals surface area contributed by atoms with Crippen LogP contribution in [0.5, 0.6) is 5.75 Å². The van der Waals surface area contributed by atoms with Crippen molar-refractivity contribution in [1.82, 2.24) is 14.9 Å². The summed E-state index contributed by atoms with van der Waals surface area (Å²) < 4.78 is 1.36. The Balaban J connectivity index is 1.99. The molecular formula is C17H15N3O3. The molecule has 0 unspecified atom stereocenters. The van der Waals surface area contributed by atoms with Crippen molar-refractivity contribution < 1.29 is 9.90 Å². The summed E-state index contributed by atoms with van der Waals surface area (Å²) in [5.41, 5.74) is 0.639. The molecule has 0 radical (unpaired) electrons. The number of aryl methyl sites for hydroxylation is 1. The number of benzene rings is 1. The molecule has 2 aromatic heterocycles. The van der Waals surface area contributed by atoms with Gasteiger partial charge in [-0.1, -0.05) is 12.1 Å². The van der Waals surface area contributed by atoms with Crippen LogP contribution in [0.4, 0.5) is 0 Å². The van der Waals surface area contributed by atoms with Crippen LogP contribution >= 0.6 is 0 Å². The normalized spacial score (nSPS) is 10.7. The van der Waals surface area contributed by atoms with Gasteiger partial charge in [0, 0.05) is 31.4 Å². The molecule has 0 aliphatic carbocycles. The number of carbonyl (C=O) groups is 1. The first-order chi connectivity index (χ1) is 11.1. The summed E-state index contributed by atoms with van der Waals surface area (Å²) in [5.74, 6) is -0.901. The Kier molecular flexibility index (Phi) is 3.80. The number of pyridine rings is 2. The highest BCUT2D eigenvalue weighted by Gasteiger charge is 2.20. The van der Waals surface area contributed by atoms with Gasteiger partial charge in [-0.25, -0.2) is 0 Å². The van der Waals surface area contributed by atoms with Crippen molar-refractivity contribution in [1.29, 1.82) is 0 Å². The highest BCUT2D eigenvalue weighted by molar-refractivity contribution is 6.02. The fourth-order valence-electron chi connectivity index (χ4n) is 2.46. The molecule has 3 aromatic rings. The van der Waals surface area contributed by atoms with E-state index in [-0.39, 0.29) is 17.9 Å². The molecule has 6 nitrogen and oxygen atoms in total. The van der Waals surface area contributed by atoms with Gasteiger partial charge in [-0.2, -0.15) is 0 Å². The third-order valence-corrected chi connectivity index (χ3v) is 3.71. The lowest BCUT2D eigenvalue weighted by Gasteiger charge is -2.11. The first kappa shape index (κ1) is 14.8. The number of amides is 1. The van der Waals surface area contributed by atoms with Crippen molar-refractivity contribution in [2.24, 2.45) is 7.05 Å². The molecule has 0 saturated carbocycles. The molecule has 0 fully saturated rings. The molecule has 1 aromatic carbocycles. The number of nitrogens with zero attached hydrogens (tertiary/aromatic N) is 2. The van der Waals surface area contributed by atoms with Crippen LogP contribution in [0.15, 0.2) is 53.6 Å². The molecule has 23 heavy (non-hydrogen) atoms. The number of rotatable bonds is 3. The second kappa shape index (κ2) is 5.92. The number of aromatic hydroxyl groups is 1. The SMILES string of the molecule is Cn1c(=O)c(C(=O)NCc2ccncc2)c(O)c2ccccc21. The average molecular weight is 309 g/mol. The van der Waals surface area contributed by atoms with E-state index in [4.69, 9.17) is 0 Å². The highest BCUT2D eigenvalue weighted by Crippen LogP contribution is 2.25. The van der Waals surface area contributed by atoms with Crippen LogP contribution in [0, 0.1) is 0 Å². The summed E-state index contributed by atoms with van der Waals surface area (Å²) in [6.45, 7) is 0.247. The molecule has 2 N–H and O–H groups in total. The zero-order valence-corrected chi connectivity index (χ0v) is 12.5. The quantitative estimate of drug-likeness (QED) is 0.769. The van der Waals surface area contributed by atoms with E-state index in [1.54, 1.807) is 55.8 Å². The van der Waals surface area contributed by atoms with Gasteiger partial charge in [-0.05, 0) is 29.8 Å². The maximum atomic E-state index is 12.4. The predicted molar refractivity (Wildman–Crippen MR) is 86.3 cm³/mol. The van der Waals surface area contributed by atoms with Crippen molar-refractivity contribution in [3.63, 3.8) is 0 Å². The summed E-state index contributed by atoms with van der Waals surface area (Å²) in [6, 6.07) is 10.4. The van der Waals surface area contributed by atoms with E-state index in [1.165, 1.54) is 4.57 Å². The lowest BCUT2D eigenvalue weighted by atomic mass is 10.1. The fraction of sp³-hybridized carbons (Fsp3) is 0.118. The van der Waals surface area contributed by atoms with Gasteiger partial charge in [-0.15, -0.1) is 0 Å². The first-order valence-electron chi connectivity index (χ1n) is 7.07. The van der Waals surface area contributed by atoms with Gasteiger partial charge in [0.2, 0.25) is 0 Å². The van der Waals surface area contributed by atoms with Gasteiger partial charge in [-0.3, -0.25) is 14.6 Å². The Labute approximate surface area is 132 Å². The zero-order valence-electron chi connectivity index (χ0n) is 12.5. The summed E-state index contributed by atoms with van der Waals surface area (Å²) in [7, 11) is 1.57. The number of aromatic nitrogens is 2. The summed E-state index contributed by atoms with van der Waals surface area (Å²) in [5, 5.41) is 13.4. The van der Waals surface area contributed by atoms with Crippen LogP contribution < -0.4 is 10.9 Å². The van der Waals surface area contributed by atoms with Crippen molar-refractivity contribution in [2.75, 3.05) is 0 Å². The number of hydrogen-bond donors (Lipinski definition) is 2. The second-order valence-corrected chi connectivity index (χ2v) is 5.14. The fourth-order valence-corrected chi connectivity index (χ4v) is 2.46. The molecule has 3 rings (SSSR count). The van der Waals surface area contributed by atoms with Crippen molar-refractivity contribution in [2.45, 2.75) is 6.54 Å². The smallest absolute Gasteiger partial charge is 0.267 e. The Bertz CT molecular complexity index is 933. The molecule has 0 spiro atoms. The van der Waals surface area contributed by atoms with Crippen LogP contribution in [0.3, 0.4) is 0 Å². The Morgan fingerprint density at radius 1 is 1.22 bits per heavy atom. The van der Waals surface area contributed by atoms with Crippen LogP contribution in [0.2, 0.25) is 0 Å². The minimum absolute atomic E-state index is 0.247. The predicted octanol–water partition coefficient (Wildman–Crippen LogP) is 1.57. The lowest BCUT2D eigenvalue weighted by molar-refractivity contribution is 0.0946. The van der Waals surface area contributed by atoms with E-state index in [0.717, 1.165) is 5.56 Å². The second-order valence-electron chi connectivity index (χ2n) is 5.14. The van der Waals surface area contributed by atoms with Gasteiger partial charge in [0.15, 0.2) is 0 Å². The van der Waals surface area contributed by atoms with Crippen LogP contribution in [0.1, 0.15) is 15.9 Å². The van der Waals surface area contributed by atoms with Crippen LogP contribution in [-0.4, -0.2) is 20.6 Å². The number of hydrogen-bond acceptors (Lipinski definition) is 4. The molecule has 0 aliphatic rings. The topological polar surface area (TPSA) is 84.2 Å². The van der Waals surface area contributed by atoms with Crippen LogP contribution in [0.25, 0.3) is 10.9 Å². The maximum absolute atomic E-state index is 12.4.